The lowest BCUT2D eigenvalue weighted by Gasteiger charge is -2.38. The van der Waals surface area contributed by atoms with Gasteiger partial charge < -0.3 is 9.22 Å². The first kappa shape index (κ1) is 34.3. The number of nitrogens with one attached hydrogen (secondary N) is 1. The topological polar surface area (TPSA) is 73.2 Å². The molecule has 0 radical (unpaired) electrons. The second-order valence-electron chi connectivity index (χ2n) is 12.7. The van der Waals surface area contributed by atoms with Gasteiger partial charge in [0.25, 0.3) is 0 Å². The van der Waals surface area contributed by atoms with Gasteiger partial charge in [0.15, 0.2) is 5.16 Å². The third-order valence-electron chi connectivity index (χ3n) is 8.45. The van der Waals surface area contributed by atoms with Crippen molar-refractivity contribution < 1.29 is 30.8 Å². The summed E-state index contributed by atoms with van der Waals surface area (Å²) in [6.07, 6.45) is 3.18. The van der Waals surface area contributed by atoms with E-state index in [-0.39, 0.29) is 17.4 Å². The van der Waals surface area contributed by atoms with Crippen molar-refractivity contribution in [2.24, 2.45) is 0 Å². The molecule has 0 unspecified atom stereocenters. The van der Waals surface area contributed by atoms with Crippen molar-refractivity contribution >= 4 is 33.4 Å². The zero-order valence-electron chi connectivity index (χ0n) is 26.3. The smallest absolute Gasteiger partial charge is 0.241 e. The number of aromatic nitrogens is 2. The molecule has 0 spiro atoms. The summed E-state index contributed by atoms with van der Waals surface area (Å²) in [5, 5.41) is 0.868. The molecule has 1 aromatic heterocycles. The Kier molecular flexibility index (Phi) is 9.87. The van der Waals surface area contributed by atoms with E-state index >= 15 is 8.78 Å². The van der Waals surface area contributed by atoms with Gasteiger partial charge in [-0.15, -0.1) is 0 Å². The van der Waals surface area contributed by atoms with Gasteiger partial charge in [0.2, 0.25) is 10.0 Å². The average Bonchev–Trinajstić information content (AvgIpc) is 3.41. The minimum absolute atomic E-state index is 0.174. The summed E-state index contributed by atoms with van der Waals surface area (Å²) >= 11 is 7.35. The Hall–Kier alpha value is -3.03. The number of likely N-dealkylation sites (N-methyl/N-ethyl adjacent to an activating group) is 1. The number of piperidine rings is 1. The third kappa shape index (κ3) is 7.26. The molecule has 1 saturated heterocycles. The number of nitrogens with zero attached hydrogens (tertiary/aromatic N) is 3. The second kappa shape index (κ2) is 13.2. The van der Waals surface area contributed by atoms with Crippen molar-refractivity contribution in [3.63, 3.8) is 0 Å². The molecule has 3 aromatic carbocycles. The van der Waals surface area contributed by atoms with Crippen molar-refractivity contribution in [3.8, 4) is 11.4 Å². The number of hydrogen-bond donors (Lipinski definition) is 1. The number of thioether (sulfide) groups is 1. The minimum atomic E-state index is -4.14. The largest absolute Gasteiger partial charge is 0.495 e. The fraction of sp³-hybridized carbons (Fsp3) is 0.364. The highest BCUT2D eigenvalue weighted by atomic mass is 35.5. The number of halogens is 4. The molecule has 1 N–H and O–H groups in total. The van der Waals surface area contributed by atoms with Crippen molar-refractivity contribution in [3.05, 3.63) is 100 Å². The predicted molar refractivity (Wildman–Crippen MR) is 175 cm³/mol. The number of sulfonamides is 1. The Morgan fingerprint density at radius 3 is 2.39 bits per heavy atom. The normalized spacial score (nSPS) is 16.8. The molecule has 1 aliphatic heterocycles. The quantitative estimate of drug-likeness (QED) is 0.142. The van der Waals surface area contributed by atoms with Gasteiger partial charge in [-0.05, 0) is 66.9 Å². The molecule has 2 heterocycles. The Labute approximate surface area is 277 Å². The van der Waals surface area contributed by atoms with Crippen LogP contribution in [0.25, 0.3) is 5.69 Å². The van der Waals surface area contributed by atoms with Crippen LogP contribution in [0.1, 0.15) is 43.5 Å². The predicted octanol–water partition coefficient (Wildman–Crippen LogP) is 7.09. The van der Waals surface area contributed by atoms with Crippen LogP contribution in [0.3, 0.4) is 0 Å². The average molecular weight is 694 g/mol. The maximum absolute atomic E-state index is 15.4. The van der Waals surface area contributed by atoms with Gasteiger partial charge in [-0.3, -0.25) is 4.57 Å². The van der Waals surface area contributed by atoms with Crippen LogP contribution in [0, 0.1) is 17.5 Å². The Morgan fingerprint density at radius 2 is 1.76 bits per heavy atom. The summed E-state index contributed by atoms with van der Waals surface area (Å²) in [6, 6.07) is 12.7. The second-order valence-corrected chi connectivity index (χ2v) is 15.7. The molecule has 1 atom stereocenters. The van der Waals surface area contributed by atoms with Crippen LogP contribution in [0.2, 0.25) is 5.02 Å². The first-order chi connectivity index (χ1) is 21.6. The fourth-order valence-electron chi connectivity index (χ4n) is 5.85. The van der Waals surface area contributed by atoms with Crippen LogP contribution in [0.5, 0.6) is 5.75 Å². The minimum Gasteiger partial charge on any atom is -0.495 e. The van der Waals surface area contributed by atoms with E-state index in [2.05, 4.69) is 9.71 Å². The van der Waals surface area contributed by atoms with Crippen LogP contribution in [0.4, 0.5) is 13.2 Å². The molecule has 46 heavy (non-hydrogen) atoms. The maximum atomic E-state index is 15.4. The Balaban J connectivity index is 1.45. The number of hydrogen-bond acceptors (Lipinski definition) is 5. The first-order valence-corrected chi connectivity index (χ1v) is 17.6. The van der Waals surface area contributed by atoms with Crippen LogP contribution >= 0.6 is 23.4 Å². The molecular formula is C33H37ClF3N4O3S2+. The summed E-state index contributed by atoms with van der Waals surface area (Å²) in [4.78, 5) is 4.14. The van der Waals surface area contributed by atoms with Crippen molar-refractivity contribution in [1.82, 2.24) is 14.3 Å². The molecule has 246 valence electrons. The zero-order chi connectivity index (χ0) is 33.4. The number of quaternary nitrogens is 1. The molecule has 7 nitrogen and oxygen atoms in total. The number of methoxy groups -OCH3 is 1. The number of likely N-dealkylation sites (tertiary alicyclic amines) is 1. The molecule has 4 aromatic rings. The number of benzene rings is 3. The van der Waals surface area contributed by atoms with E-state index in [1.807, 2.05) is 44.6 Å². The van der Waals surface area contributed by atoms with Gasteiger partial charge in [-0.25, -0.2) is 31.3 Å². The standard InChI is InChI=1S/C33H37ClF3N4O3S2/c1-33(2,21-8-13-27(34)30(15-21)44-5)31-18-38-32(40(31)24-11-9-22(35)10-12-24)45-20-26-28(36)16-25(17-29(26)37)46(42,43)39-23-7-6-14-41(3,4)19-23/h8-13,15-18,23,39H,6-7,14,19-20H2,1-5H3/q+1/t23-/m0/s1. The van der Waals surface area contributed by atoms with Crippen LogP contribution < -0.4 is 9.46 Å². The summed E-state index contributed by atoms with van der Waals surface area (Å²) in [7, 11) is 1.43. The third-order valence-corrected chi connectivity index (χ3v) is 11.2. The lowest BCUT2D eigenvalue weighted by atomic mass is 9.81. The zero-order valence-corrected chi connectivity index (χ0v) is 28.7. The van der Waals surface area contributed by atoms with Crippen LogP contribution in [-0.4, -0.2) is 62.8 Å². The van der Waals surface area contributed by atoms with Gasteiger partial charge in [-0.1, -0.05) is 43.3 Å². The Morgan fingerprint density at radius 1 is 1.09 bits per heavy atom. The molecular weight excluding hydrogens is 657 g/mol. The highest BCUT2D eigenvalue weighted by Gasteiger charge is 2.33. The molecule has 0 saturated carbocycles. The first-order valence-electron chi connectivity index (χ1n) is 14.7. The SMILES string of the molecule is COc1cc(C(C)(C)c2cnc(SCc3c(F)cc(S(=O)(=O)N[C@H]4CCC[N+](C)(C)C4)cc3F)n2-c2ccc(F)cc2)ccc1Cl. The van der Waals surface area contributed by atoms with Gasteiger partial charge >= 0.3 is 0 Å². The number of ether oxygens (including phenoxy) is 1. The molecule has 0 aliphatic carbocycles. The van der Waals surface area contributed by atoms with E-state index in [1.165, 1.54) is 19.2 Å². The lowest BCUT2D eigenvalue weighted by Crippen LogP contribution is -2.54. The maximum Gasteiger partial charge on any atom is 0.241 e. The van der Waals surface area contributed by atoms with E-state index in [0.717, 1.165) is 48.1 Å². The summed E-state index contributed by atoms with van der Waals surface area (Å²) in [6.45, 7) is 5.49. The monoisotopic (exact) mass is 693 g/mol. The van der Waals surface area contributed by atoms with Gasteiger partial charge in [0.1, 0.15) is 23.2 Å². The van der Waals surface area contributed by atoms with Crippen molar-refractivity contribution in [1.29, 1.82) is 0 Å². The summed E-state index contributed by atoms with van der Waals surface area (Å²) < 4.78 is 81.4. The van der Waals surface area contributed by atoms with E-state index < -0.39 is 37.8 Å². The Bertz CT molecular complexity index is 1820. The number of imidazole rings is 1. The fourth-order valence-corrected chi connectivity index (χ4v) is 8.34. The van der Waals surface area contributed by atoms with Gasteiger partial charge in [0, 0.05) is 22.4 Å². The highest BCUT2D eigenvalue weighted by molar-refractivity contribution is 7.98. The molecule has 0 amide bonds. The lowest BCUT2D eigenvalue weighted by molar-refractivity contribution is -0.895. The summed E-state index contributed by atoms with van der Waals surface area (Å²) in [5.74, 6) is -2.03. The van der Waals surface area contributed by atoms with Crippen LogP contribution in [0.15, 0.2) is 70.8 Å². The van der Waals surface area contributed by atoms with Crippen LogP contribution in [-0.2, 0) is 21.2 Å². The number of rotatable bonds is 10. The van der Waals surface area contributed by atoms with E-state index in [0.29, 0.717) is 39.1 Å². The van der Waals surface area contributed by atoms with Gasteiger partial charge in [-0.2, -0.15) is 0 Å². The van der Waals surface area contributed by atoms with E-state index in [4.69, 9.17) is 16.3 Å². The molecule has 5 rings (SSSR count). The highest BCUT2D eigenvalue weighted by Crippen LogP contribution is 2.39. The summed E-state index contributed by atoms with van der Waals surface area (Å²) in [5.41, 5.74) is 1.25. The van der Waals surface area contributed by atoms with Crippen molar-refractivity contribution in [2.45, 2.75) is 54.0 Å². The molecule has 0 bridgehead atoms. The van der Waals surface area contributed by atoms with Gasteiger partial charge in [0.05, 0.1) is 62.1 Å². The van der Waals surface area contributed by atoms with E-state index in [1.54, 1.807) is 24.4 Å². The molecule has 13 heteroatoms. The molecule has 1 aliphatic rings. The molecule has 1 fully saturated rings. The van der Waals surface area contributed by atoms with E-state index in [9.17, 15) is 12.8 Å². The van der Waals surface area contributed by atoms with Crippen molar-refractivity contribution in [2.75, 3.05) is 34.3 Å².